The van der Waals surface area contributed by atoms with Crippen LogP contribution < -0.4 is 10.1 Å². The second-order valence-electron chi connectivity index (χ2n) is 6.14. The number of ether oxygens (including phenoxy) is 1. The second-order valence-corrected chi connectivity index (χ2v) is 6.58. The predicted octanol–water partition coefficient (Wildman–Crippen LogP) is 3.59. The monoisotopic (exact) mass is 387 g/mol. The van der Waals surface area contributed by atoms with Gasteiger partial charge in [0, 0.05) is 29.0 Å². The Bertz CT molecular complexity index is 917. The molecule has 8 heteroatoms. The van der Waals surface area contributed by atoms with Crippen LogP contribution >= 0.6 is 11.6 Å². The Morgan fingerprint density at radius 2 is 1.96 bits per heavy atom. The van der Waals surface area contributed by atoms with Crippen LogP contribution in [0.3, 0.4) is 0 Å². The Hall–Kier alpha value is -2.80. The first kappa shape index (κ1) is 19.0. The van der Waals surface area contributed by atoms with Crippen LogP contribution in [-0.2, 0) is 13.3 Å². The van der Waals surface area contributed by atoms with E-state index in [0.29, 0.717) is 16.5 Å². The Morgan fingerprint density at radius 1 is 1.22 bits per heavy atom. The zero-order valence-electron chi connectivity index (χ0n) is 15.5. The summed E-state index contributed by atoms with van der Waals surface area (Å²) in [5, 5.41) is 12.1. The average molecular weight is 388 g/mol. The molecule has 0 saturated carbocycles. The molecule has 0 saturated heterocycles. The molecule has 0 bridgehead atoms. The second kappa shape index (κ2) is 8.26. The Morgan fingerprint density at radius 3 is 2.63 bits per heavy atom. The van der Waals surface area contributed by atoms with Gasteiger partial charge in [0.25, 0.3) is 5.91 Å². The summed E-state index contributed by atoms with van der Waals surface area (Å²) in [5.41, 5.74) is 2.47. The molecule has 0 aliphatic carbocycles. The van der Waals surface area contributed by atoms with Crippen LogP contribution in [0.2, 0.25) is 5.02 Å². The first-order chi connectivity index (χ1) is 13.0. The Balaban J connectivity index is 1.66. The van der Waals surface area contributed by atoms with Gasteiger partial charge in [0.05, 0.1) is 12.2 Å². The molecule has 0 spiro atoms. The number of aryl methyl sites for hydroxylation is 1. The fourth-order valence-corrected chi connectivity index (χ4v) is 2.97. The number of halogens is 1. The zero-order valence-corrected chi connectivity index (χ0v) is 16.3. The highest BCUT2D eigenvalue weighted by atomic mass is 35.5. The lowest BCUT2D eigenvalue weighted by Gasteiger charge is -2.15. The highest BCUT2D eigenvalue weighted by Crippen LogP contribution is 2.18. The van der Waals surface area contributed by atoms with Crippen LogP contribution in [0.1, 0.15) is 41.6 Å². The predicted molar refractivity (Wildman–Crippen MR) is 103 cm³/mol. The molecule has 0 fully saturated rings. The van der Waals surface area contributed by atoms with E-state index >= 15 is 0 Å². The summed E-state index contributed by atoms with van der Waals surface area (Å²) in [4.78, 5) is 12.7. The van der Waals surface area contributed by atoms with Crippen LogP contribution in [0.4, 0.5) is 0 Å². The van der Waals surface area contributed by atoms with E-state index in [2.05, 4.69) is 15.5 Å². The molecule has 1 N–H and O–H groups in total. The summed E-state index contributed by atoms with van der Waals surface area (Å²) in [6, 6.07) is 8.51. The van der Waals surface area contributed by atoms with Crippen LogP contribution in [0.5, 0.6) is 5.75 Å². The molecule has 3 rings (SSSR count). The van der Waals surface area contributed by atoms with E-state index in [1.54, 1.807) is 42.7 Å². The summed E-state index contributed by atoms with van der Waals surface area (Å²) < 4.78 is 9.09. The number of hydrogen-bond donors (Lipinski definition) is 1. The molecule has 2 heterocycles. The smallest absolute Gasteiger partial charge is 0.270 e. The fraction of sp³-hybridized carbons (Fsp3) is 0.316. The highest BCUT2D eigenvalue weighted by Gasteiger charge is 2.18. The Kier molecular flexibility index (Phi) is 5.81. The van der Waals surface area contributed by atoms with Crippen molar-refractivity contribution in [1.29, 1.82) is 0 Å². The van der Waals surface area contributed by atoms with Crippen molar-refractivity contribution in [3.05, 3.63) is 64.7 Å². The number of rotatable bonds is 7. The number of carbonyl (C=O) groups excluding carboxylic acids is 1. The largest absolute Gasteiger partial charge is 0.471 e. The summed E-state index contributed by atoms with van der Waals surface area (Å²) in [6.07, 6.45) is 3.37. The van der Waals surface area contributed by atoms with Crippen molar-refractivity contribution in [2.75, 3.05) is 0 Å². The SMILES string of the molecule is CCn1ncc(C(C)NC(=O)c2ccnn2COc2ccc(Cl)cc2)c1C. The van der Waals surface area contributed by atoms with Gasteiger partial charge in [0.2, 0.25) is 0 Å². The van der Waals surface area contributed by atoms with Gasteiger partial charge in [-0.3, -0.25) is 9.48 Å². The number of aromatic nitrogens is 4. The first-order valence-corrected chi connectivity index (χ1v) is 9.10. The van der Waals surface area contributed by atoms with Crippen LogP contribution in [0, 0.1) is 6.92 Å². The number of amides is 1. The van der Waals surface area contributed by atoms with Crippen LogP contribution in [0.15, 0.2) is 42.7 Å². The van der Waals surface area contributed by atoms with Gasteiger partial charge < -0.3 is 10.1 Å². The average Bonchev–Trinajstić information content (AvgIpc) is 3.27. The molecular formula is C19H22ClN5O2. The summed E-state index contributed by atoms with van der Waals surface area (Å²) in [5.74, 6) is 0.431. The minimum absolute atomic E-state index is 0.124. The minimum atomic E-state index is -0.219. The topological polar surface area (TPSA) is 74.0 Å². The molecule has 0 aliphatic rings. The van der Waals surface area contributed by atoms with Crippen molar-refractivity contribution >= 4 is 17.5 Å². The van der Waals surface area contributed by atoms with Gasteiger partial charge in [0.1, 0.15) is 11.4 Å². The van der Waals surface area contributed by atoms with E-state index in [1.807, 2.05) is 25.5 Å². The van der Waals surface area contributed by atoms with Crippen molar-refractivity contribution in [3.8, 4) is 5.75 Å². The molecule has 142 valence electrons. The van der Waals surface area contributed by atoms with Gasteiger partial charge in [-0.2, -0.15) is 10.2 Å². The van der Waals surface area contributed by atoms with Crippen molar-refractivity contribution < 1.29 is 9.53 Å². The summed E-state index contributed by atoms with van der Waals surface area (Å²) in [7, 11) is 0. The first-order valence-electron chi connectivity index (χ1n) is 8.73. The summed E-state index contributed by atoms with van der Waals surface area (Å²) >= 11 is 5.87. The number of nitrogens with zero attached hydrogens (tertiary/aromatic N) is 4. The van der Waals surface area contributed by atoms with Crippen molar-refractivity contribution in [2.45, 2.75) is 40.1 Å². The van der Waals surface area contributed by atoms with Crippen molar-refractivity contribution in [1.82, 2.24) is 24.9 Å². The lowest BCUT2D eigenvalue weighted by molar-refractivity contribution is 0.0918. The fourth-order valence-electron chi connectivity index (χ4n) is 2.85. The maximum Gasteiger partial charge on any atom is 0.270 e. The lowest BCUT2D eigenvalue weighted by Crippen LogP contribution is -2.29. The number of benzene rings is 1. The van der Waals surface area contributed by atoms with Gasteiger partial charge in [-0.15, -0.1) is 0 Å². The molecule has 2 aromatic heterocycles. The van der Waals surface area contributed by atoms with Gasteiger partial charge in [0.15, 0.2) is 6.73 Å². The van der Waals surface area contributed by atoms with Gasteiger partial charge in [-0.05, 0) is 51.1 Å². The van der Waals surface area contributed by atoms with Gasteiger partial charge in [-0.1, -0.05) is 11.6 Å². The van der Waals surface area contributed by atoms with E-state index in [1.165, 1.54) is 4.68 Å². The van der Waals surface area contributed by atoms with Gasteiger partial charge >= 0.3 is 0 Å². The third kappa shape index (κ3) is 4.31. The minimum Gasteiger partial charge on any atom is -0.471 e. The van der Waals surface area contributed by atoms with Crippen molar-refractivity contribution in [2.24, 2.45) is 0 Å². The number of carbonyl (C=O) groups is 1. The summed E-state index contributed by atoms with van der Waals surface area (Å²) in [6.45, 7) is 6.89. The maximum atomic E-state index is 12.7. The highest BCUT2D eigenvalue weighted by molar-refractivity contribution is 6.30. The quantitative estimate of drug-likeness (QED) is 0.672. The molecular weight excluding hydrogens is 366 g/mol. The van der Waals surface area contributed by atoms with E-state index in [0.717, 1.165) is 17.8 Å². The molecule has 3 aromatic rings. The molecule has 1 unspecified atom stereocenters. The lowest BCUT2D eigenvalue weighted by atomic mass is 10.1. The molecule has 0 aliphatic heterocycles. The van der Waals surface area contributed by atoms with Crippen LogP contribution in [-0.4, -0.2) is 25.5 Å². The molecule has 1 aromatic carbocycles. The Labute approximate surface area is 162 Å². The molecule has 1 atom stereocenters. The standard InChI is InChI=1S/C19H22ClN5O2/c1-4-24-14(3)17(11-22-24)13(2)23-19(26)18-9-10-21-25(18)12-27-16-7-5-15(20)6-8-16/h5-11,13H,4,12H2,1-3H3,(H,23,26). The molecule has 7 nitrogen and oxygen atoms in total. The van der Waals surface area contributed by atoms with Gasteiger partial charge in [-0.25, -0.2) is 4.68 Å². The van der Waals surface area contributed by atoms with Crippen molar-refractivity contribution in [3.63, 3.8) is 0 Å². The van der Waals surface area contributed by atoms with E-state index in [9.17, 15) is 4.79 Å². The molecule has 27 heavy (non-hydrogen) atoms. The van der Waals surface area contributed by atoms with Crippen LogP contribution in [0.25, 0.3) is 0 Å². The van der Waals surface area contributed by atoms with E-state index < -0.39 is 0 Å². The van der Waals surface area contributed by atoms with E-state index in [4.69, 9.17) is 16.3 Å². The maximum absolute atomic E-state index is 12.7. The third-order valence-corrected chi connectivity index (χ3v) is 4.62. The number of nitrogens with one attached hydrogen (secondary N) is 1. The molecule has 1 amide bonds. The molecule has 0 radical (unpaired) electrons. The zero-order chi connectivity index (χ0) is 19.4. The van der Waals surface area contributed by atoms with E-state index in [-0.39, 0.29) is 18.7 Å². The number of hydrogen-bond acceptors (Lipinski definition) is 4. The third-order valence-electron chi connectivity index (χ3n) is 4.37. The normalized spacial score (nSPS) is 12.0.